The topological polar surface area (TPSA) is 74.2 Å². The Labute approximate surface area is 152 Å². The maximum absolute atomic E-state index is 12.1. The van der Waals surface area contributed by atoms with E-state index in [1.807, 2.05) is 50.4 Å². The summed E-state index contributed by atoms with van der Waals surface area (Å²) < 4.78 is 0. The number of aliphatic hydroxyl groups excluding tert-OH is 1. The standard InChI is InChI=1S/C19H25N3O2S/c1-12(2)17(23)19(8-9-19)11-20-18(24)22-15-6-4-14(5-7-15)16-10-25-13(3)21-16/h4-7,10,12,17,23H,8-9,11H2,1-3H3,(H2,20,22,24). The molecule has 6 heteroatoms. The molecule has 1 heterocycles. The van der Waals surface area contributed by atoms with Crippen molar-refractivity contribution in [3.63, 3.8) is 0 Å². The minimum atomic E-state index is -0.367. The summed E-state index contributed by atoms with van der Waals surface area (Å²) >= 11 is 1.62. The average molecular weight is 359 g/mol. The Bertz CT molecular complexity index is 735. The van der Waals surface area contributed by atoms with Gasteiger partial charge in [-0.15, -0.1) is 11.3 Å². The number of aliphatic hydroxyl groups is 1. The number of aromatic nitrogens is 1. The molecule has 0 aliphatic heterocycles. The largest absolute Gasteiger partial charge is 0.392 e. The molecule has 1 aromatic heterocycles. The summed E-state index contributed by atoms with van der Waals surface area (Å²) in [6.07, 6.45) is 1.57. The molecule has 3 rings (SSSR count). The molecule has 3 N–H and O–H groups in total. The second-order valence-electron chi connectivity index (χ2n) is 7.19. The van der Waals surface area contributed by atoms with Crippen LogP contribution in [0.3, 0.4) is 0 Å². The van der Waals surface area contributed by atoms with Crippen molar-refractivity contribution in [1.82, 2.24) is 10.3 Å². The van der Waals surface area contributed by atoms with Gasteiger partial charge < -0.3 is 15.7 Å². The van der Waals surface area contributed by atoms with Gasteiger partial charge in [0, 0.05) is 28.6 Å². The molecular weight excluding hydrogens is 334 g/mol. The number of carbonyl (C=O) groups is 1. The van der Waals surface area contributed by atoms with Crippen LogP contribution in [0.4, 0.5) is 10.5 Å². The molecule has 134 valence electrons. The van der Waals surface area contributed by atoms with Gasteiger partial charge in [-0.25, -0.2) is 9.78 Å². The summed E-state index contributed by atoms with van der Waals surface area (Å²) in [5.74, 6) is 0.203. The van der Waals surface area contributed by atoms with Crippen LogP contribution in [0.25, 0.3) is 11.3 Å². The molecule has 1 fully saturated rings. The van der Waals surface area contributed by atoms with Gasteiger partial charge in [0.15, 0.2) is 0 Å². The van der Waals surface area contributed by atoms with Crippen LogP contribution >= 0.6 is 11.3 Å². The third-order valence-corrected chi connectivity index (χ3v) is 5.58. The van der Waals surface area contributed by atoms with Crippen molar-refractivity contribution in [3.05, 3.63) is 34.7 Å². The minimum absolute atomic E-state index is 0.141. The van der Waals surface area contributed by atoms with Crippen molar-refractivity contribution < 1.29 is 9.90 Å². The Hall–Kier alpha value is -1.92. The monoisotopic (exact) mass is 359 g/mol. The Morgan fingerprint density at radius 2 is 2.00 bits per heavy atom. The predicted molar refractivity (Wildman–Crippen MR) is 102 cm³/mol. The number of benzene rings is 1. The summed E-state index contributed by atoms with van der Waals surface area (Å²) in [6, 6.07) is 7.42. The number of amides is 2. The molecule has 1 aromatic carbocycles. The molecule has 1 saturated carbocycles. The maximum Gasteiger partial charge on any atom is 0.319 e. The molecule has 1 atom stereocenters. The van der Waals surface area contributed by atoms with Gasteiger partial charge in [-0.1, -0.05) is 26.0 Å². The van der Waals surface area contributed by atoms with Crippen molar-refractivity contribution in [3.8, 4) is 11.3 Å². The third kappa shape index (κ3) is 4.19. The molecule has 0 saturated heterocycles. The fraction of sp³-hybridized carbons (Fsp3) is 0.474. The number of anilines is 1. The van der Waals surface area contributed by atoms with E-state index < -0.39 is 0 Å². The van der Waals surface area contributed by atoms with Crippen molar-refractivity contribution in [2.75, 3.05) is 11.9 Å². The Morgan fingerprint density at radius 1 is 1.32 bits per heavy atom. The van der Waals surface area contributed by atoms with E-state index in [-0.39, 0.29) is 23.5 Å². The van der Waals surface area contributed by atoms with E-state index in [4.69, 9.17) is 0 Å². The number of nitrogens with zero attached hydrogens (tertiary/aromatic N) is 1. The number of aryl methyl sites for hydroxylation is 1. The molecule has 1 aliphatic carbocycles. The molecular formula is C19H25N3O2S. The zero-order chi connectivity index (χ0) is 18.0. The van der Waals surface area contributed by atoms with Crippen molar-refractivity contribution in [2.45, 2.75) is 39.7 Å². The summed E-state index contributed by atoms with van der Waals surface area (Å²) in [5, 5.41) is 19.1. The zero-order valence-electron chi connectivity index (χ0n) is 14.9. The van der Waals surface area contributed by atoms with E-state index in [1.165, 1.54) is 0 Å². The van der Waals surface area contributed by atoms with E-state index in [1.54, 1.807) is 11.3 Å². The van der Waals surface area contributed by atoms with Crippen LogP contribution in [-0.2, 0) is 0 Å². The molecule has 2 aromatic rings. The summed E-state index contributed by atoms with van der Waals surface area (Å²) in [6.45, 7) is 6.51. The summed E-state index contributed by atoms with van der Waals surface area (Å²) in [7, 11) is 0. The van der Waals surface area contributed by atoms with E-state index in [9.17, 15) is 9.90 Å². The lowest BCUT2D eigenvalue weighted by Crippen LogP contribution is -2.40. The Kier molecular flexibility index (Phi) is 5.11. The predicted octanol–water partition coefficient (Wildman–Crippen LogP) is 4.04. The first-order valence-corrected chi connectivity index (χ1v) is 9.53. The van der Waals surface area contributed by atoms with Gasteiger partial charge in [-0.2, -0.15) is 0 Å². The van der Waals surface area contributed by atoms with Crippen LogP contribution in [0.1, 0.15) is 31.7 Å². The SMILES string of the molecule is Cc1nc(-c2ccc(NC(=O)NCC3(C(O)C(C)C)CC3)cc2)cs1. The highest BCUT2D eigenvalue weighted by molar-refractivity contribution is 7.09. The summed E-state index contributed by atoms with van der Waals surface area (Å²) in [5.41, 5.74) is 2.59. The highest BCUT2D eigenvalue weighted by atomic mass is 32.1. The van der Waals surface area contributed by atoms with E-state index in [0.29, 0.717) is 6.54 Å². The first kappa shape index (κ1) is 17.9. The average Bonchev–Trinajstić information content (AvgIpc) is 3.26. The van der Waals surface area contributed by atoms with Gasteiger partial charge in [0.25, 0.3) is 0 Å². The second-order valence-corrected chi connectivity index (χ2v) is 8.25. The lowest BCUT2D eigenvalue weighted by Gasteiger charge is -2.25. The maximum atomic E-state index is 12.1. The smallest absolute Gasteiger partial charge is 0.319 e. The molecule has 0 spiro atoms. The highest BCUT2D eigenvalue weighted by Crippen LogP contribution is 2.50. The molecule has 25 heavy (non-hydrogen) atoms. The zero-order valence-corrected chi connectivity index (χ0v) is 15.7. The van der Waals surface area contributed by atoms with Gasteiger partial charge in [0.2, 0.25) is 0 Å². The Balaban J connectivity index is 1.53. The first-order chi connectivity index (χ1) is 11.9. The van der Waals surface area contributed by atoms with Crippen molar-refractivity contribution in [2.24, 2.45) is 11.3 Å². The van der Waals surface area contributed by atoms with Gasteiger partial charge in [0.1, 0.15) is 0 Å². The molecule has 0 bridgehead atoms. The van der Waals surface area contributed by atoms with Crippen LogP contribution in [0.2, 0.25) is 0 Å². The fourth-order valence-corrected chi connectivity index (χ4v) is 3.72. The number of hydrogen-bond donors (Lipinski definition) is 3. The quantitative estimate of drug-likeness (QED) is 0.729. The van der Waals surface area contributed by atoms with Crippen LogP contribution in [0.15, 0.2) is 29.6 Å². The molecule has 0 radical (unpaired) electrons. The second kappa shape index (κ2) is 7.14. The lowest BCUT2D eigenvalue weighted by atomic mass is 9.90. The fourth-order valence-electron chi connectivity index (χ4n) is 3.10. The summed E-state index contributed by atoms with van der Waals surface area (Å²) in [4.78, 5) is 16.6. The van der Waals surface area contributed by atoms with Gasteiger partial charge in [-0.3, -0.25) is 0 Å². The number of carbonyl (C=O) groups excluding carboxylic acids is 1. The minimum Gasteiger partial charge on any atom is -0.392 e. The number of urea groups is 1. The molecule has 1 aliphatic rings. The van der Waals surface area contributed by atoms with Crippen molar-refractivity contribution in [1.29, 1.82) is 0 Å². The van der Waals surface area contributed by atoms with Gasteiger partial charge >= 0.3 is 6.03 Å². The van der Waals surface area contributed by atoms with Crippen LogP contribution in [0, 0.1) is 18.3 Å². The molecule has 1 unspecified atom stereocenters. The van der Waals surface area contributed by atoms with E-state index >= 15 is 0 Å². The highest BCUT2D eigenvalue weighted by Gasteiger charge is 2.49. The third-order valence-electron chi connectivity index (χ3n) is 4.81. The van der Waals surface area contributed by atoms with Crippen LogP contribution in [0.5, 0.6) is 0 Å². The van der Waals surface area contributed by atoms with Gasteiger partial charge in [0.05, 0.1) is 16.8 Å². The van der Waals surface area contributed by atoms with Crippen LogP contribution in [-0.4, -0.2) is 28.8 Å². The first-order valence-electron chi connectivity index (χ1n) is 8.65. The lowest BCUT2D eigenvalue weighted by molar-refractivity contribution is 0.0518. The molecule has 5 nitrogen and oxygen atoms in total. The van der Waals surface area contributed by atoms with E-state index in [0.717, 1.165) is 34.8 Å². The Morgan fingerprint density at radius 3 is 2.52 bits per heavy atom. The number of nitrogens with one attached hydrogen (secondary N) is 2. The number of thiazole rings is 1. The number of hydrogen-bond acceptors (Lipinski definition) is 4. The van der Waals surface area contributed by atoms with Gasteiger partial charge in [-0.05, 0) is 37.8 Å². The molecule has 2 amide bonds. The van der Waals surface area contributed by atoms with Crippen molar-refractivity contribution >= 4 is 23.1 Å². The van der Waals surface area contributed by atoms with Crippen LogP contribution < -0.4 is 10.6 Å². The normalized spacial score (nSPS) is 16.5. The number of rotatable bonds is 6. The van der Waals surface area contributed by atoms with E-state index in [2.05, 4.69) is 15.6 Å².